The highest BCUT2D eigenvalue weighted by Crippen LogP contribution is 2.27. The molecule has 0 spiro atoms. The van der Waals surface area contributed by atoms with Gasteiger partial charge in [0, 0.05) is 42.8 Å². The van der Waals surface area contributed by atoms with Crippen molar-refractivity contribution < 1.29 is 9.90 Å². The van der Waals surface area contributed by atoms with Crippen molar-refractivity contribution in [2.24, 2.45) is 7.05 Å². The highest BCUT2D eigenvalue weighted by molar-refractivity contribution is 6.29. The predicted octanol–water partition coefficient (Wildman–Crippen LogP) is 3.53. The van der Waals surface area contributed by atoms with Crippen molar-refractivity contribution in [1.82, 2.24) is 29.4 Å². The number of carbonyl (C=O) groups excluding carboxylic acids is 1. The van der Waals surface area contributed by atoms with Crippen LogP contribution in [0.15, 0.2) is 36.7 Å². The lowest BCUT2D eigenvalue weighted by atomic mass is 9.93. The Morgan fingerprint density at radius 3 is 2.63 bits per heavy atom. The van der Waals surface area contributed by atoms with Crippen LogP contribution < -0.4 is 16.0 Å². The highest BCUT2D eigenvalue weighted by Gasteiger charge is 2.22. The van der Waals surface area contributed by atoms with Gasteiger partial charge in [-0.3, -0.25) is 9.48 Å². The van der Waals surface area contributed by atoms with Gasteiger partial charge in [0.15, 0.2) is 17.2 Å². The second-order valence-corrected chi connectivity index (χ2v) is 9.10. The van der Waals surface area contributed by atoms with Crippen LogP contribution in [-0.4, -0.2) is 52.5 Å². The second-order valence-electron chi connectivity index (χ2n) is 8.71. The minimum atomic E-state index is -0.384. The summed E-state index contributed by atoms with van der Waals surface area (Å²) in [6.45, 7) is 1.97. The largest absolute Gasteiger partial charge is 0.393 e. The summed E-state index contributed by atoms with van der Waals surface area (Å²) in [7, 11) is 1.87. The van der Waals surface area contributed by atoms with Crippen LogP contribution >= 0.6 is 11.6 Å². The number of nitrogens with one attached hydrogen (secondary N) is 3. The molecule has 4 aromatic rings. The monoisotopic (exact) mass is 495 g/mol. The summed E-state index contributed by atoms with van der Waals surface area (Å²) in [5.41, 5.74) is 2.91. The van der Waals surface area contributed by atoms with Crippen molar-refractivity contribution >= 4 is 46.2 Å². The summed E-state index contributed by atoms with van der Waals surface area (Å²) in [6.07, 6.45) is 5.91. The molecule has 5 rings (SSSR count). The van der Waals surface area contributed by atoms with Gasteiger partial charge in [0.1, 0.15) is 11.0 Å². The summed E-state index contributed by atoms with van der Waals surface area (Å²) in [6, 6.07) is 7.18. The number of fused-ring (bicyclic) bond motifs is 1. The molecule has 182 valence electrons. The predicted molar refractivity (Wildman–Crippen MR) is 133 cm³/mol. The van der Waals surface area contributed by atoms with E-state index in [1.807, 2.05) is 26.1 Å². The average Bonchev–Trinajstić information content (AvgIpc) is 3.38. The van der Waals surface area contributed by atoms with Crippen molar-refractivity contribution in [1.29, 1.82) is 0 Å². The van der Waals surface area contributed by atoms with Crippen molar-refractivity contribution in [2.75, 3.05) is 16.0 Å². The van der Waals surface area contributed by atoms with Crippen molar-refractivity contribution in [3.8, 4) is 0 Å². The number of imidazole rings is 1. The first-order valence-electron chi connectivity index (χ1n) is 11.4. The number of aromatic nitrogens is 6. The number of anilines is 4. The number of rotatable bonds is 6. The van der Waals surface area contributed by atoms with E-state index in [0.29, 0.717) is 28.7 Å². The smallest absolute Gasteiger partial charge is 0.276 e. The second kappa shape index (κ2) is 9.51. The summed E-state index contributed by atoms with van der Waals surface area (Å²) in [5.74, 6) is 0.864. The van der Waals surface area contributed by atoms with Crippen molar-refractivity contribution in [3.63, 3.8) is 0 Å². The number of hydrogen-bond donors (Lipinski definition) is 4. The molecule has 0 atom stereocenters. The fraction of sp³-hybridized carbons (Fsp3) is 0.348. The third-order valence-corrected chi connectivity index (χ3v) is 6.32. The van der Waals surface area contributed by atoms with E-state index >= 15 is 0 Å². The molecule has 4 aromatic heterocycles. The number of aliphatic hydroxyl groups excluding tert-OH is 1. The first kappa shape index (κ1) is 23.1. The van der Waals surface area contributed by atoms with Crippen LogP contribution in [0.1, 0.15) is 41.9 Å². The molecule has 0 radical (unpaired) electrons. The number of aryl methyl sites for hydroxylation is 2. The molecule has 1 fully saturated rings. The molecule has 0 unspecified atom stereocenters. The zero-order valence-corrected chi connectivity index (χ0v) is 20.1. The first-order valence-corrected chi connectivity index (χ1v) is 11.8. The van der Waals surface area contributed by atoms with Gasteiger partial charge in [-0.2, -0.15) is 5.10 Å². The Labute approximate surface area is 206 Å². The van der Waals surface area contributed by atoms with Gasteiger partial charge in [0.25, 0.3) is 5.91 Å². The molecule has 0 saturated heterocycles. The normalized spacial score (nSPS) is 17.9. The van der Waals surface area contributed by atoms with Gasteiger partial charge in [-0.25, -0.2) is 14.5 Å². The number of hydrogen-bond acceptors (Lipinski definition) is 8. The van der Waals surface area contributed by atoms with E-state index in [-0.39, 0.29) is 28.9 Å². The number of pyridine rings is 1. The van der Waals surface area contributed by atoms with E-state index in [1.165, 1.54) is 16.9 Å². The highest BCUT2D eigenvalue weighted by atomic mass is 35.5. The van der Waals surface area contributed by atoms with Gasteiger partial charge < -0.3 is 21.1 Å². The lowest BCUT2D eigenvalue weighted by Crippen LogP contribution is -2.29. The molecule has 4 heterocycles. The minimum Gasteiger partial charge on any atom is -0.393 e. The van der Waals surface area contributed by atoms with Crippen LogP contribution in [0.25, 0.3) is 5.65 Å². The van der Waals surface area contributed by atoms with E-state index in [4.69, 9.17) is 11.6 Å². The van der Waals surface area contributed by atoms with Crippen LogP contribution in [0, 0.1) is 6.92 Å². The van der Waals surface area contributed by atoms with Gasteiger partial charge in [0.05, 0.1) is 18.0 Å². The third-order valence-electron chi connectivity index (χ3n) is 6.11. The summed E-state index contributed by atoms with van der Waals surface area (Å²) < 4.78 is 3.29. The summed E-state index contributed by atoms with van der Waals surface area (Å²) >= 11 is 5.95. The first-order chi connectivity index (χ1) is 16.9. The Morgan fingerprint density at radius 2 is 1.91 bits per heavy atom. The maximum Gasteiger partial charge on any atom is 0.276 e. The molecule has 1 aliphatic rings. The molecule has 11 nitrogen and oxygen atoms in total. The fourth-order valence-corrected chi connectivity index (χ4v) is 4.32. The van der Waals surface area contributed by atoms with Gasteiger partial charge in [-0.05, 0) is 44.7 Å². The Hall–Kier alpha value is -3.70. The molecule has 0 aliphatic heterocycles. The average molecular weight is 496 g/mol. The van der Waals surface area contributed by atoms with Crippen LogP contribution in [0.2, 0.25) is 5.15 Å². The Morgan fingerprint density at radius 1 is 1.11 bits per heavy atom. The summed E-state index contributed by atoms with van der Waals surface area (Å²) in [5, 5.41) is 28.8. The van der Waals surface area contributed by atoms with Gasteiger partial charge >= 0.3 is 0 Å². The fourth-order valence-electron chi connectivity index (χ4n) is 4.15. The molecule has 0 aromatic carbocycles. The number of amides is 1. The zero-order chi connectivity index (χ0) is 24.5. The van der Waals surface area contributed by atoms with Crippen LogP contribution in [-0.2, 0) is 7.05 Å². The number of nitrogens with zero attached hydrogens (tertiary/aromatic N) is 6. The number of aliphatic hydroxyl groups is 1. The van der Waals surface area contributed by atoms with Gasteiger partial charge in [-0.1, -0.05) is 11.6 Å². The zero-order valence-electron chi connectivity index (χ0n) is 19.4. The lowest BCUT2D eigenvalue weighted by molar-refractivity contribution is 0.102. The van der Waals surface area contributed by atoms with Crippen molar-refractivity contribution in [3.05, 3.63) is 53.2 Å². The van der Waals surface area contributed by atoms with E-state index < -0.39 is 0 Å². The quantitative estimate of drug-likeness (QED) is 0.298. The van der Waals surface area contributed by atoms with E-state index in [0.717, 1.165) is 31.4 Å². The molecule has 35 heavy (non-hydrogen) atoms. The minimum absolute atomic E-state index is 0.174. The maximum atomic E-state index is 13.1. The Bertz CT molecular complexity index is 1360. The molecular formula is C23H26ClN9O2. The van der Waals surface area contributed by atoms with E-state index in [1.54, 1.807) is 16.8 Å². The topological polar surface area (TPSA) is 134 Å². The van der Waals surface area contributed by atoms with Gasteiger partial charge in [0.2, 0.25) is 0 Å². The summed E-state index contributed by atoms with van der Waals surface area (Å²) in [4.78, 5) is 21.5. The van der Waals surface area contributed by atoms with E-state index in [9.17, 15) is 9.90 Å². The number of carbonyl (C=O) groups is 1. The molecular weight excluding hydrogens is 470 g/mol. The molecule has 12 heteroatoms. The molecule has 0 bridgehead atoms. The standard InChI is InChI=1S/C23H26ClN9O2/c1-13-9-20(30-32(13)2)29-17-11-21(27-14-3-5-16(34)6-4-14)31-33-18(12-26-22(17)33)23(35)28-15-7-8-25-19(24)10-15/h7-12,14,16,34H,3-6H2,1-2H3,(H,27,31)(H,29,30)(H,25,28,35)/t14-,16-. The molecule has 1 amide bonds. The molecule has 1 saturated carbocycles. The Balaban J connectivity index is 1.50. The SMILES string of the molecule is Cc1cc(Nc2cc(N[C@H]3CC[C@H](O)CC3)nn3c(C(=O)Nc4ccnc(Cl)c4)cnc23)nn1C. The van der Waals surface area contributed by atoms with Crippen LogP contribution in [0.4, 0.5) is 23.0 Å². The van der Waals surface area contributed by atoms with Crippen molar-refractivity contribution in [2.45, 2.75) is 44.8 Å². The Kier molecular flexibility index (Phi) is 6.27. The van der Waals surface area contributed by atoms with Crippen LogP contribution in [0.3, 0.4) is 0 Å². The number of halogens is 1. The molecule has 1 aliphatic carbocycles. The maximum absolute atomic E-state index is 13.1. The van der Waals surface area contributed by atoms with Crippen LogP contribution in [0.5, 0.6) is 0 Å². The van der Waals surface area contributed by atoms with E-state index in [2.05, 4.69) is 36.1 Å². The lowest BCUT2D eigenvalue weighted by Gasteiger charge is -2.26. The van der Waals surface area contributed by atoms with Gasteiger partial charge in [-0.15, -0.1) is 5.10 Å². The third kappa shape index (κ3) is 5.05. The molecule has 4 N–H and O–H groups in total.